The van der Waals surface area contributed by atoms with Crippen LogP contribution in [0.4, 0.5) is 11.4 Å². The molecule has 0 spiro atoms. The average Bonchev–Trinajstić information content (AvgIpc) is 2.71. The minimum absolute atomic E-state index is 0.0423. The summed E-state index contributed by atoms with van der Waals surface area (Å²) >= 11 is 0. The van der Waals surface area contributed by atoms with Gasteiger partial charge in [-0.25, -0.2) is 0 Å². The molecule has 30 heavy (non-hydrogen) atoms. The molecular formula is C24H38N2O4. The monoisotopic (exact) mass is 418 g/mol. The highest BCUT2D eigenvalue weighted by atomic mass is 16.5. The van der Waals surface area contributed by atoms with Gasteiger partial charge in [-0.2, -0.15) is 0 Å². The summed E-state index contributed by atoms with van der Waals surface area (Å²) in [6.45, 7) is 6.40. The molecule has 0 aromatic heterocycles. The van der Waals surface area contributed by atoms with E-state index in [1.54, 1.807) is 6.07 Å². The lowest BCUT2D eigenvalue weighted by molar-refractivity contribution is -0.124. The van der Waals surface area contributed by atoms with Crippen LogP contribution in [0.5, 0.6) is 11.5 Å². The summed E-state index contributed by atoms with van der Waals surface area (Å²) in [5.74, 6) is 0.519. The third-order valence-corrected chi connectivity index (χ3v) is 5.85. The number of rotatable bonds is 12. The first-order chi connectivity index (χ1) is 14.3. The first-order valence-corrected chi connectivity index (χ1v) is 11.3. The Hall–Kier alpha value is -2.24. The van der Waals surface area contributed by atoms with E-state index in [0.29, 0.717) is 34.9 Å². The summed E-state index contributed by atoms with van der Waals surface area (Å²) in [6.07, 6.45) is 10.9. The van der Waals surface area contributed by atoms with Gasteiger partial charge in [0.2, 0.25) is 5.91 Å². The Labute approximate surface area is 180 Å². The summed E-state index contributed by atoms with van der Waals surface area (Å²) in [5.41, 5.74) is 6.59. The van der Waals surface area contributed by atoms with Gasteiger partial charge in [0, 0.05) is 11.8 Å². The number of benzene rings is 1. The molecule has 0 bridgehead atoms. The van der Waals surface area contributed by atoms with Gasteiger partial charge in [0.1, 0.15) is 5.69 Å². The number of ether oxygens (including phenoxy) is 2. The average molecular weight is 419 g/mol. The number of methoxy groups -OCH3 is 1. The van der Waals surface area contributed by atoms with Crippen LogP contribution in [0.15, 0.2) is 6.07 Å². The van der Waals surface area contributed by atoms with E-state index in [9.17, 15) is 9.59 Å². The molecule has 1 heterocycles. The van der Waals surface area contributed by atoms with Gasteiger partial charge in [-0.15, -0.1) is 0 Å². The number of carbonyl (C=O) groups excluding carboxylic acids is 2. The number of fused-ring (bicyclic) bond motifs is 1. The van der Waals surface area contributed by atoms with Crippen LogP contribution in [0.3, 0.4) is 0 Å². The van der Waals surface area contributed by atoms with Gasteiger partial charge in [0.15, 0.2) is 17.3 Å². The van der Waals surface area contributed by atoms with E-state index in [4.69, 9.17) is 15.2 Å². The quantitative estimate of drug-likeness (QED) is 0.334. The van der Waals surface area contributed by atoms with Gasteiger partial charge in [-0.3, -0.25) is 9.59 Å². The number of unbranched alkanes of at least 4 members (excludes halogenated alkanes) is 7. The second-order valence-electron chi connectivity index (χ2n) is 8.84. The standard InChI is InChI=1S/C24H38N2O4/c1-5-6-7-8-9-10-11-12-14-24(2,3)23(28)26-20-21-17(19(27)13-15-30-21)16-18(25)22(20)29-4/h16H,5-15,25H2,1-4H3,(H,26,28). The van der Waals surface area contributed by atoms with Crippen molar-refractivity contribution in [2.45, 2.75) is 85.0 Å². The number of amides is 1. The predicted molar refractivity (Wildman–Crippen MR) is 121 cm³/mol. The fourth-order valence-corrected chi connectivity index (χ4v) is 3.84. The number of hydrogen-bond acceptors (Lipinski definition) is 5. The number of nitrogens with two attached hydrogens (primary N) is 1. The van der Waals surface area contributed by atoms with Crippen LogP contribution in [0.1, 0.15) is 95.3 Å². The molecule has 0 fully saturated rings. The normalized spacial score (nSPS) is 13.5. The van der Waals surface area contributed by atoms with Crippen LogP contribution in [0.2, 0.25) is 0 Å². The zero-order chi connectivity index (χ0) is 22.1. The second kappa shape index (κ2) is 11.2. The number of hydrogen-bond donors (Lipinski definition) is 2. The van der Waals surface area contributed by atoms with Crippen molar-refractivity contribution in [3.63, 3.8) is 0 Å². The summed E-state index contributed by atoms with van der Waals surface area (Å²) in [4.78, 5) is 25.3. The minimum atomic E-state index is -0.552. The fraction of sp³-hybridized carbons (Fsp3) is 0.667. The third kappa shape index (κ3) is 6.13. The maximum atomic E-state index is 13.1. The molecule has 1 aromatic carbocycles. The van der Waals surface area contributed by atoms with Gasteiger partial charge >= 0.3 is 0 Å². The van der Waals surface area contributed by atoms with E-state index < -0.39 is 5.41 Å². The third-order valence-electron chi connectivity index (χ3n) is 5.85. The molecule has 6 nitrogen and oxygen atoms in total. The van der Waals surface area contributed by atoms with Crippen LogP contribution in [-0.4, -0.2) is 25.4 Å². The zero-order valence-electron chi connectivity index (χ0n) is 19.1. The van der Waals surface area contributed by atoms with Crippen molar-refractivity contribution in [1.82, 2.24) is 0 Å². The van der Waals surface area contributed by atoms with E-state index >= 15 is 0 Å². The molecule has 1 aromatic rings. The molecule has 1 amide bonds. The molecule has 6 heteroatoms. The maximum Gasteiger partial charge on any atom is 0.230 e. The van der Waals surface area contributed by atoms with E-state index in [0.717, 1.165) is 19.3 Å². The fourth-order valence-electron chi connectivity index (χ4n) is 3.84. The Bertz CT molecular complexity index is 743. The van der Waals surface area contributed by atoms with Crippen LogP contribution in [0.25, 0.3) is 0 Å². The van der Waals surface area contributed by atoms with Crippen molar-refractivity contribution in [2.24, 2.45) is 5.41 Å². The van der Waals surface area contributed by atoms with Crippen molar-refractivity contribution in [1.29, 1.82) is 0 Å². The van der Waals surface area contributed by atoms with E-state index in [-0.39, 0.29) is 18.3 Å². The number of nitrogens with one attached hydrogen (secondary N) is 1. The molecule has 0 saturated heterocycles. The molecule has 0 radical (unpaired) electrons. The highest BCUT2D eigenvalue weighted by Crippen LogP contribution is 2.45. The predicted octanol–water partition coefficient (Wildman–Crippen LogP) is 5.74. The highest BCUT2D eigenvalue weighted by molar-refractivity contribution is 6.07. The minimum Gasteiger partial charge on any atom is -0.492 e. The smallest absolute Gasteiger partial charge is 0.230 e. The topological polar surface area (TPSA) is 90.7 Å². The van der Waals surface area contributed by atoms with Crippen molar-refractivity contribution >= 4 is 23.1 Å². The zero-order valence-corrected chi connectivity index (χ0v) is 19.1. The second-order valence-corrected chi connectivity index (χ2v) is 8.84. The van der Waals surface area contributed by atoms with Crippen molar-refractivity contribution < 1.29 is 19.1 Å². The maximum absolute atomic E-state index is 13.1. The van der Waals surface area contributed by atoms with Crippen molar-refractivity contribution in [3.05, 3.63) is 11.6 Å². The molecule has 2 rings (SSSR count). The number of Topliss-reactive ketones (excluding diaryl/α,β-unsaturated/α-hetero) is 1. The lowest BCUT2D eigenvalue weighted by atomic mass is 9.85. The lowest BCUT2D eigenvalue weighted by Crippen LogP contribution is -2.31. The molecule has 0 saturated carbocycles. The summed E-state index contributed by atoms with van der Waals surface area (Å²) in [7, 11) is 1.49. The van der Waals surface area contributed by atoms with E-state index in [1.165, 1.54) is 45.6 Å². The molecule has 1 aliphatic rings. The highest BCUT2D eigenvalue weighted by Gasteiger charge is 2.32. The Kier molecular flexibility index (Phi) is 9.00. The number of ketones is 1. The van der Waals surface area contributed by atoms with Gasteiger partial charge < -0.3 is 20.5 Å². The molecule has 0 atom stereocenters. The van der Waals surface area contributed by atoms with Crippen LogP contribution in [-0.2, 0) is 4.79 Å². The Balaban J connectivity index is 2.00. The van der Waals surface area contributed by atoms with Gasteiger partial charge in [-0.1, -0.05) is 72.1 Å². The number of carbonyl (C=O) groups is 2. The first kappa shape index (κ1) is 24.0. The van der Waals surface area contributed by atoms with Gasteiger partial charge in [0.25, 0.3) is 0 Å². The first-order valence-electron chi connectivity index (χ1n) is 11.3. The Morgan fingerprint density at radius 2 is 1.80 bits per heavy atom. The SMILES string of the molecule is CCCCCCCCCCC(C)(C)C(=O)Nc1c(OC)c(N)cc2c1OCCC2=O. The molecule has 3 N–H and O–H groups in total. The molecule has 168 valence electrons. The van der Waals surface area contributed by atoms with Gasteiger partial charge in [-0.05, 0) is 12.5 Å². The number of anilines is 2. The molecule has 1 aliphatic heterocycles. The van der Waals surface area contributed by atoms with Crippen LogP contribution in [0, 0.1) is 5.41 Å². The van der Waals surface area contributed by atoms with Gasteiger partial charge in [0.05, 0.1) is 25.0 Å². The Morgan fingerprint density at radius 3 is 2.43 bits per heavy atom. The summed E-state index contributed by atoms with van der Waals surface area (Å²) in [5, 5.41) is 2.95. The van der Waals surface area contributed by atoms with E-state index in [1.807, 2.05) is 13.8 Å². The summed E-state index contributed by atoms with van der Waals surface area (Å²) in [6, 6.07) is 1.57. The summed E-state index contributed by atoms with van der Waals surface area (Å²) < 4.78 is 11.1. The molecular weight excluding hydrogens is 380 g/mol. The largest absolute Gasteiger partial charge is 0.492 e. The lowest BCUT2D eigenvalue weighted by Gasteiger charge is -2.27. The molecule has 0 aliphatic carbocycles. The van der Waals surface area contributed by atoms with Crippen molar-refractivity contribution in [3.8, 4) is 11.5 Å². The molecule has 0 unspecified atom stereocenters. The van der Waals surface area contributed by atoms with Crippen molar-refractivity contribution in [2.75, 3.05) is 24.8 Å². The van der Waals surface area contributed by atoms with E-state index in [2.05, 4.69) is 12.2 Å². The Morgan fingerprint density at radius 1 is 1.17 bits per heavy atom. The van der Waals surface area contributed by atoms with Crippen LogP contribution >= 0.6 is 0 Å². The number of nitrogen functional groups attached to an aromatic ring is 1. The van der Waals surface area contributed by atoms with Crippen LogP contribution < -0.4 is 20.5 Å².